The average molecular weight is 191 g/mol. The third-order valence-corrected chi connectivity index (χ3v) is 2.80. The van der Waals surface area contributed by atoms with Crippen molar-refractivity contribution < 1.29 is 9.84 Å². The first kappa shape index (κ1) is 10.3. The topological polar surface area (TPSA) is 41.5 Å². The van der Waals surface area contributed by atoms with E-state index in [0.29, 0.717) is 19.3 Å². The number of aliphatic hydroxyl groups is 1. The molecular weight excluding hydrogens is 174 g/mol. The average Bonchev–Trinajstić information content (AvgIpc) is 2.37. The molecule has 0 spiro atoms. The van der Waals surface area contributed by atoms with E-state index < -0.39 is 0 Å². The van der Waals surface area contributed by atoms with Gasteiger partial charge < -0.3 is 15.2 Å². The molecule has 0 aromatic heterocycles. The number of ether oxygens (including phenoxy) is 1. The van der Waals surface area contributed by atoms with Crippen molar-refractivity contribution in [1.29, 1.82) is 0 Å². The van der Waals surface area contributed by atoms with E-state index in [1.807, 2.05) is 11.8 Å². The number of hydrogen-bond acceptors (Lipinski definition) is 4. The zero-order valence-electron chi connectivity index (χ0n) is 7.62. The fourth-order valence-corrected chi connectivity index (χ4v) is 1.96. The lowest BCUT2D eigenvalue weighted by Crippen LogP contribution is -2.44. The van der Waals surface area contributed by atoms with Gasteiger partial charge in [0.15, 0.2) is 0 Å². The molecule has 3 nitrogen and oxygen atoms in total. The Morgan fingerprint density at radius 3 is 2.92 bits per heavy atom. The molecule has 0 amide bonds. The summed E-state index contributed by atoms with van der Waals surface area (Å²) in [5.74, 6) is 1.07. The summed E-state index contributed by atoms with van der Waals surface area (Å²) in [5, 5.41) is 12.7. The molecule has 12 heavy (non-hydrogen) atoms. The Morgan fingerprint density at radius 1 is 1.67 bits per heavy atom. The molecule has 1 saturated heterocycles. The van der Waals surface area contributed by atoms with Crippen LogP contribution >= 0.6 is 11.8 Å². The normalized spacial score (nSPS) is 32.2. The van der Waals surface area contributed by atoms with Crippen LogP contribution in [-0.4, -0.2) is 48.5 Å². The molecule has 2 N–H and O–H groups in total. The Morgan fingerprint density at radius 2 is 2.42 bits per heavy atom. The highest BCUT2D eigenvalue weighted by molar-refractivity contribution is 7.98. The van der Waals surface area contributed by atoms with Gasteiger partial charge in [0.2, 0.25) is 0 Å². The number of aliphatic hydroxyl groups excluding tert-OH is 1. The van der Waals surface area contributed by atoms with E-state index in [2.05, 4.69) is 18.5 Å². The Labute approximate surface area is 77.9 Å². The summed E-state index contributed by atoms with van der Waals surface area (Å²) in [6.07, 6.45) is 1.76. The maximum atomic E-state index is 9.41. The smallest absolute Gasteiger partial charge is 0.0948 e. The van der Waals surface area contributed by atoms with E-state index in [0.717, 1.165) is 5.75 Å². The summed E-state index contributed by atoms with van der Waals surface area (Å²) in [4.78, 5) is 0. The lowest BCUT2D eigenvalue weighted by Gasteiger charge is -2.19. The van der Waals surface area contributed by atoms with Gasteiger partial charge in [-0.2, -0.15) is 11.8 Å². The van der Waals surface area contributed by atoms with Crippen molar-refractivity contribution in [1.82, 2.24) is 5.32 Å². The van der Waals surface area contributed by atoms with Crippen LogP contribution in [0.15, 0.2) is 0 Å². The van der Waals surface area contributed by atoms with Crippen LogP contribution in [0.25, 0.3) is 0 Å². The standard InChI is InChI=1S/C8H17NO2S/c1-6(5-12-2)9-7-3-11-4-8(7)10/h6-10H,3-5H2,1-2H3. The Balaban J connectivity index is 2.20. The largest absolute Gasteiger partial charge is 0.389 e. The molecule has 0 saturated carbocycles. The first-order chi connectivity index (χ1) is 5.74. The summed E-state index contributed by atoms with van der Waals surface area (Å²) in [6, 6.07) is 0.577. The molecule has 3 unspecified atom stereocenters. The SMILES string of the molecule is CSCC(C)NC1COCC1O. The first-order valence-corrected chi connectivity index (χ1v) is 5.64. The van der Waals surface area contributed by atoms with E-state index in [4.69, 9.17) is 4.74 Å². The predicted molar refractivity (Wildman–Crippen MR) is 51.6 cm³/mol. The van der Waals surface area contributed by atoms with Crippen molar-refractivity contribution in [3.05, 3.63) is 0 Å². The molecule has 0 aromatic rings. The molecule has 1 aliphatic heterocycles. The third kappa shape index (κ3) is 2.94. The van der Waals surface area contributed by atoms with Crippen molar-refractivity contribution in [3.8, 4) is 0 Å². The van der Waals surface area contributed by atoms with E-state index in [1.165, 1.54) is 0 Å². The van der Waals surface area contributed by atoms with Crippen LogP contribution in [0, 0.1) is 0 Å². The Hall–Kier alpha value is 0.230. The van der Waals surface area contributed by atoms with E-state index in [-0.39, 0.29) is 12.1 Å². The highest BCUT2D eigenvalue weighted by Crippen LogP contribution is 2.07. The fourth-order valence-electron chi connectivity index (χ4n) is 1.37. The second-order valence-corrected chi connectivity index (χ2v) is 4.15. The van der Waals surface area contributed by atoms with Gasteiger partial charge >= 0.3 is 0 Å². The molecule has 0 bridgehead atoms. The van der Waals surface area contributed by atoms with Gasteiger partial charge in [0.05, 0.1) is 25.4 Å². The number of rotatable bonds is 4. The molecule has 72 valence electrons. The maximum Gasteiger partial charge on any atom is 0.0948 e. The third-order valence-electron chi connectivity index (χ3n) is 1.97. The second kappa shape index (κ2) is 5.07. The van der Waals surface area contributed by atoms with Crippen LogP contribution in [0.4, 0.5) is 0 Å². The molecule has 0 aliphatic carbocycles. The molecular formula is C8H17NO2S. The summed E-state index contributed by atoms with van der Waals surface area (Å²) >= 11 is 1.81. The minimum atomic E-state index is -0.325. The van der Waals surface area contributed by atoms with Gasteiger partial charge in [-0.15, -0.1) is 0 Å². The number of nitrogens with one attached hydrogen (secondary N) is 1. The zero-order valence-corrected chi connectivity index (χ0v) is 8.43. The molecule has 1 fully saturated rings. The summed E-state index contributed by atoms with van der Waals surface area (Å²) < 4.78 is 5.13. The van der Waals surface area contributed by atoms with Crippen molar-refractivity contribution >= 4 is 11.8 Å². The number of hydrogen-bond donors (Lipinski definition) is 2. The molecule has 0 aromatic carbocycles. The molecule has 1 rings (SSSR count). The lowest BCUT2D eigenvalue weighted by molar-refractivity contribution is 0.121. The maximum absolute atomic E-state index is 9.41. The second-order valence-electron chi connectivity index (χ2n) is 3.23. The minimum absolute atomic E-state index is 0.132. The highest BCUT2D eigenvalue weighted by atomic mass is 32.2. The Kier molecular flexibility index (Phi) is 4.35. The minimum Gasteiger partial charge on any atom is -0.389 e. The Bertz CT molecular complexity index is 134. The van der Waals surface area contributed by atoms with Gasteiger partial charge in [-0.05, 0) is 13.2 Å². The van der Waals surface area contributed by atoms with Crippen molar-refractivity contribution in [2.75, 3.05) is 25.2 Å². The monoisotopic (exact) mass is 191 g/mol. The van der Waals surface area contributed by atoms with E-state index in [1.54, 1.807) is 0 Å². The van der Waals surface area contributed by atoms with Gasteiger partial charge in [-0.3, -0.25) is 0 Å². The summed E-state index contributed by atoms with van der Waals surface area (Å²) in [6.45, 7) is 3.24. The van der Waals surface area contributed by atoms with Crippen molar-refractivity contribution in [3.63, 3.8) is 0 Å². The van der Waals surface area contributed by atoms with E-state index >= 15 is 0 Å². The van der Waals surface area contributed by atoms with Crippen LogP contribution < -0.4 is 5.32 Å². The highest BCUT2D eigenvalue weighted by Gasteiger charge is 2.26. The van der Waals surface area contributed by atoms with Gasteiger partial charge in [-0.25, -0.2) is 0 Å². The first-order valence-electron chi connectivity index (χ1n) is 4.25. The van der Waals surface area contributed by atoms with Crippen LogP contribution in [0.5, 0.6) is 0 Å². The van der Waals surface area contributed by atoms with Crippen molar-refractivity contribution in [2.45, 2.75) is 25.1 Å². The van der Waals surface area contributed by atoms with Crippen molar-refractivity contribution in [2.24, 2.45) is 0 Å². The van der Waals surface area contributed by atoms with Crippen LogP contribution in [-0.2, 0) is 4.74 Å². The van der Waals surface area contributed by atoms with Crippen LogP contribution in [0.3, 0.4) is 0 Å². The molecule has 1 aliphatic rings. The van der Waals surface area contributed by atoms with Crippen LogP contribution in [0.2, 0.25) is 0 Å². The van der Waals surface area contributed by atoms with Gasteiger partial charge in [0.1, 0.15) is 0 Å². The van der Waals surface area contributed by atoms with Gasteiger partial charge in [0.25, 0.3) is 0 Å². The lowest BCUT2D eigenvalue weighted by atomic mass is 10.2. The summed E-state index contributed by atoms with van der Waals surface area (Å²) in [5.41, 5.74) is 0. The van der Waals surface area contributed by atoms with Gasteiger partial charge in [0, 0.05) is 11.8 Å². The summed E-state index contributed by atoms with van der Waals surface area (Å²) in [7, 11) is 0. The number of thioether (sulfide) groups is 1. The van der Waals surface area contributed by atoms with Gasteiger partial charge in [-0.1, -0.05) is 0 Å². The quantitative estimate of drug-likeness (QED) is 0.661. The molecule has 1 heterocycles. The zero-order chi connectivity index (χ0) is 8.97. The predicted octanol–water partition coefficient (Wildman–Crippen LogP) is 0.0872. The van der Waals surface area contributed by atoms with E-state index in [9.17, 15) is 5.11 Å². The molecule has 4 heteroatoms. The fraction of sp³-hybridized carbons (Fsp3) is 1.00. The molecule has 0 radical (unpaired) electrons. The molecule has 3 atom stereocenters. The van der Waals surface area contributed by atoms with Crippen LogP contribution in [0.1, 0.15) is 6.92 Å².